The van der Waals surface area contributed by atoms with Crippen molar-refractivity contribution < 1.29 is 10.2 Å². The quantitative estimate of drug-likeness (QED) is 0.706. The van der Waals surface area contributed by atoms with Crippen LogP contribution in [0.25, 0.3) is 0 Å². The van der Waals surface area contributed by atoms with Gasteiger partial charge in [0.15, 0.2) is 0 Å². The first-order valence-electron chi connectivity index (χ1n) is 7.84. The van der Waals surface area contributed by atoms with Gasteiger partial charge in [0.05, 0.1) is 0 Å². The Hall–Kier alpha value is -2.74. The van der Waals surface area contributed by atoms with Crippen molar-refractivity contribution in [3.05, 3.63) is 95.6 Å². The van der Waals surface area contributed by atoms with Crippen LogP contribution in [-0.2, 0) is 6.42 Å². The van der Waals surface area contributed by atoms with Gasteiger partial charge in [-0.15, -0.1) is 0 Å². The minimum Gasteiger partial charge on any atom is -0.508 e. The zero-order valence-electron chi connectivity index (χ0n) is 12.9. The van der Waals surface area contributed by atoms with E-state index in [1.165, 1.54) is 16.7 Å². The molecule has 0 aliphatic carbocycles. The monoisotopic (exact) mass is 304 g/mol. The van der Waals surface area contributed by atoms with Crippen molar-refractivity contribution in [2.75, 3.05) is 0 Å². The average molecular weight is 304 g/mol. The lowest BCUT2D eigenvalue weighted by atomic mass is 9.86. The predicted octanol–water partition coefficient (Wildman–Crippen LogP) is 4.86. The van der Waals surface area contributed by atoms with Gasteiger partial charge in [-0.25, -0.2) is 0 Å². The van der Waals surface area contributed by atoms with Gasteiger partial charge >= 0.3 is 0 Å². The molecule has 0 fully saturated rings. The molecule has 0 saturated carbocycles. The molecule has 0 saturated heterocycles. The van der Waals surface area contributed by atoms with Crippen molar-refractivity contribution in [1.29, 1.82) is 0 Å². The van der Waals surface area contributed by atoms with Crippen LogP contribution in [0.1, 0.15) is 29.0 Å². The molecule has 0 aromatic heterocycles. The zero-order valence-corrected chi connectivity index (χ0v) is 12.9. The number of hydrogen-bond acceptors (Lipinski definition) is 2. The van der Waals surface area contributed by atoms with E-state index in [1.807, 2.05) is 30.3 Å². The number of rotatable bonds is 5. The second-order valence-corrected chi connectivity index (χ2v) is 5.76. The van der Waals surface area contributed by atoms with E-state index < -0.39 is 0 Å². The summed E-state index contributed by atoms with van der Waals surface area (Å²) in [6, 6.07) is 25.2. The van der Waals surface area contributed by atoms with Gasteiger partial charge in [0.2, 0.25) is 0 Å². The van der Waals surface area contributed by atoms with Gasteiger partial charge in [-0.3, -0.25) is 0 Å². The maximum Gasteiger partial charge on any atom is 0.115 e. The third-order valence-electron chi connectivity index (χ3n) is 4.16. The van der Waals surface area contributed by atoms with E-state index in [-0.39, 0.29) is 17.4 Å². The van der Waals surface area contributed by atoms with Crippen LogP contribution in [0.2, 0.25) is 0 Å². The molecule has 0 amide bonds. The number of aryl methyl sites for hydroxylation is 1. The zero-order chi connectivity index (χ0) is 16.1. The lowest BCUT2D eigenvalue weighted by molar-refractivity contribution is 0.475. The van der Waals surface area contributed by atoms with E-state index in [9.17, 15) is 10.2 Å². The minimum absolute atomic E-state index is 0.233. The van der Waals surface area contributed by atoms with Gasteiger partial charge < -0.3 is 10.2 Å². The topological polar surface area (TPSA) is 40.5 Å². The highest BCUT2D eigenvalue weighted by Gasteiger charge is 2.14. The van der Waals surface area contributed by atoms with Crippen LogP contribution in [0.4, 0.5) is 0 Å². The van der Waals surface area contributed by atoms with Crippen molar-refractivity contribution in [3.63, 3.8) is 0 Å². The highest BCUT2D eigenvalue weighted by molar-refractivity contribution is 5.38. The number of phenols is 2. The molecule has 116 valence electrons. The van der Waals surface area contributed by atoms with E-state index in [1.54, 1.807) is 24.3 Å². The Kier molecular flexibility index (Phi) is 4.62. The third kappa shape index (κ3) is 3.92. The van der Waals surface area contributed by atoms with Gasteiger partial charge in [-0.1, -0.05) is 54.6 Å². The molecule has 3 aromatic rings. The summed E-state index contributed by atoms with van der Waals surface area (Å²) in [6.07, 6.45) is 1.95. The van der Waals surface area contributed by atoms with Crippen LogP contribution in [-0.4, -0.2) is 10.2 Å². The SMILES string of the molecule is Oc1ccc(C(CCc2ccccc2)c2ccc(O)cc2)cc1. The molecule has 2 heteroatoms. The van der Waals surface area contributed by atoms with Gasteiger partial charge in [-0.05, 0) is 53.8 Å². The standard InChI is InChI=1S/C21H20O2/c22-19-11-7-17(8-12-19)21(18-9-13-20(23)14-10-18)15-6-16-4-2-1-3-5-16/h1-5,7-14,21-23H,6,15H2. The first-order chi connectivity index (χ1) is 11.2. The second kappa shape index (κ2) is 7.01. The lowest BCUT2D eigenvalue weighted by Gasteiger charge is -2.18. The fourth-order valence-corrected chi connectivity index (χ4v) is 2.89. The van der Waals surface area contributed by atoms with Crippen LogP contribution >= 0.6 is 0 Å². The van der Waals surface area contributed by atoms with E-state index >= 15 is 0 Å². The molecule has 2 nitrogen and oxygen atoms in total. The minimum atomic E-state index is 0.233. The summed E-state index contributed by atoms with van der Waals surface area (Å²) >= 11 is 0. The van der Waals surface area contributed by atoms with Gasteiger partial charge in [0, 0.05) is 5.92 Å². The first-order valence-corrected chi connectivity index (χ1v) is 7.84. The number of phenolic OH excluding ortho intramolecular Hbond substituents is 2. The maximum atomic E-state index is 9.52. The molecule has 0 spiro atoms. The Balaban J connectivity index is 1.86. The summed E-state index contributed by atoms with van der Waals surface area (Å²) in [5, 5.41) is 19.0. The Bertz CT molecular complexity index is 686. The molecule has 0 heterocycles. The molecule has 0 aliphatic rings. The van der Waals surface area contributed by atoms with E-state index in [0.717, 1.165) is 12.8 Å². The second-order valence-electron chi connectivity index (χ2n) is 5.76. The van der Waals surface area contributed by atoms with Crippen molar-refractivity contribution >= 4 is 0 Å². The molecule has 0 unspecified atom stereocenters. The number of aromatic hydroxyl groups is 2. The highest BCUT2D eigenvalue weighted by atomic mass is 16.3. The number of hydrogen-bond donors (Lipinski definition) is 2. The molecule has 2 N–H and O–H groups in total. The molecule has 3 aromatic carbocycles. The first kappa shape index (κ1) is 15.2. The van der Waals surface area contributed by atoms with Crippen LogP contribution in [0, 0.1) is 0 Å². The normalized spacial score (nSPS) is 10.8. The molecule has 0 aliphatic heterocycles. The van der Waals surface area contributed by atoms with Crippen molar-refractivity contribution in [3.8, 4) is 11.5 Å². The molecule has 0 radical (unpaired) electrons. The summed E-state index contributed by atoms with van der Waals surface area (Å²) in [6.45, 7) is 0. The molecular weight excluding hydrogens is 284 g/mol. The van der Waals surface area contributed by atoms with Gasteiger partial charge in [0.1, 0.15) is 11.5 Å². The van der Waals surface area contributed by atoms with E-state index in [2.05, 4.69) is 24.3 Å². The van der Waals surface area contributed by atoms with Crippen LogP contribution in [0.5, 0.6) is 11.5 Å². The fourth-order valence-electron chi connectivity index (χ4n) is 2.89. The summed E-state index contributed by atoms with van der Waals surface area (Å²) in [5.41, 5.74) is 3.66. The summed E-state index contributed by atoms with van der Waals surface area (Å²) < 4.78 is 0. The fraction of sp³-hybridized carbons (Fsp3) is 0.143. The maximum absolute atomic E-state index is 9.52. The third-order valence-corrected chi connectivity index (χ3v) is 4.16. The largest absolute Gasteiger partial charge is 0.508 e. The lowest BCUT2D eigenvalue weighted by Crippen LogP contribution is -2.03. The van der Waals surface area contributed by atoms with Crippen molar-refractivity contribution in [2.45, 2.75) is 18.8 Å². The summed E-state index contributed by atoms with van der Waals surface area (Å²) in [5.74, 6) is 0.791. The van der Waals surface area contributed by atoms with E-state index in [4.69, 9.17) is 0 Å². The predicted molar refractivity (Wildman–Crippen MR) is 92.8 cm³/mol. The molecule has 3 rings (SSSR count). The van der Waals surface area contributed by atoms with Crippen LogP contribution in [0.3, 0.4) is 0 Å². The van der Waals surface area contributed by atoms with Crippen molar-refractivity contribution in [1.82, 2.24) is 0 Å². The molecular formula is C21H20O2. The van der Waals surface area contributed by atoms with Gasteiger partial charge in [0.25, 0.3) is 0 Å². The molecule has 0 atom stereocenters. The Labute approximate surface area is 136 Å². The summed E-state index contributed by atoms with van der Waals surface area (Å²) in [4.78, 5) is 0. The molecule has 23 heavy (non-hydrogen) atoms. The van der Waals surface area contributed by atoms with Crippen LogP contribution in [0.15, 0.2) is 78.9 Å². The smallest absolute Gasteiger partial charge is 0.115 e. The van der Waals surface area contributed by atoms with Gasteiger partial charge in [-0.2, -0.15) is 0 Å². The number of benzene rings is 3. The van der Waals surface area contributed by atoms with Crippen molar-refractivity contribution in [2.24, 2.45) is 0 Å². The van der Waals surface area contributed by atoms with Crippen LogP contribution < -0.4 is 0 Å². The Morgan fingerprint density at radius 2 is 1.09 bits per heavy atom. The molecule has 0 bridgehead atoms. The Morgan fingerprint density at radius 1 is 0.609 bits per heavy atom. The summed E-state index contributed by atoms with van der Waals surface area (Å²) in [7, 11) is 0. The highest BCUT2D eigenvalue weighted by Crippen LogP contribution is 2.31. The Morgan fingerprint density at radius 3 is 1.57 bits per heavy atom. The average Bonchev–Trinajstić information content (AvgIpc) is 2.59. The van der Waals surface area contributed by atoms with E-state index in [0.29, 0.717) is 0 Å².